The van der Waals surface area contributed by atoms with Crippen LogP contribution in [0.3, 0.4) is 0 Å². The third kappa shape index (κ3) is 2.05. The molecular weight excluding hydrogens is 258 g/mol. The molecule has 0 saturated heterocycles. The topological polar surface area (TPSA) is 15.3 Å². The lowest BCUT2D eigenvalue weighted by atomic mass is 9.90. The van der Waals surface area contributed by atoms with Crippen LogP contribution in [0.4, 0.5) is 20.2 Å². The van der Waals surface area contributed by atoms with Crippen LogP contribution in [0.15, 0.2) is 12.1 Å². The molecular formula is C16H22F2N2. The monoisotopic (exact) mass is 280 g/mol. The molecule has 20 heavy (non-hydrogen) atoms. The lowest BCUT2D eigenvalue weighted by molar-refractivity contribution is 0.317. The Balaban J connectivity index is 2.08. The van der Waals surface area contributed by atoms with E-state index in [4.69, 9.17) is 0 Å². The minimum atomic E-state index is -0.761. The van der Waals surface area contributed by atoms with Crippen molar-refractivity contribution in [3.8, 4) is 0 Å². The number of halogens is 2. The van der Waals surface area contributed by atoms with E-state index < -0.39 is 11.6 Å². The highest BCUT2D eigenvalue weighted by Crippen LogP contribution is 2.46. The molecule has 1 aromatic rings. The normalized spacial score (nSPS) is 23.1. The molecule has 2 aliphatic rings. The van der Waals surface area contributed by atoms with Gasteiger partial charge in [0.25, 0.3) is 0 Å². The van der Waals surface area contributed by atoms with E-state index >= 15 is 0 Å². The predicted octanol–water partition coefficient (Wildman–Crippen LogP) is 4.51. The van der Waals surface area contributed by atoms with Crippen molar-refractivity contribution in [1.29, 1.82) is 0 Å². The second-order valence-electron chi connectivity index (χ2n) is 7.02. The molecule has 1 fully saturated rings. The Morgan fingerprint density at radius 2 is 1.80 bits per heavy atom. The molecule has 1 aliphatic carbocycles. The van der Waals surface area contributed by atoms with Gasteiger partial charge in [-0.3, -0.25) is 0 Å². The Kier molecular flexibility index (Phi) is 3.14. The van der Waals surface area contributed by atoms with Crippen LogP contribution in [-0.2, 0) is 0 Å². The zero-order valence-corrected chi connectivity index (χ0v) is 12.3. The first kappa shape index (κ1) is 13.7. The minimum Gasteiger partial charge on any atom is -0.363 e. The van der Waals surface area contributed by atoms with Gasteiger partial charge in [-0.15, -0.1) is 0 Å². The quantitative estimate of drug-likeness (QED) is 0.814. The van der Waals surface area contributed by atoms with Crippen LogP contribution >= 0.6 is 0 Å². The molecule has 1 N–H and O–H groups in total. The SMILES string of the molecule is CC(C)(C)C1Nc2ccc(F)c(F)c2N1C1CCCC1. The van der Waals surface area contributed by atoms with E-state index in [1.54, 1.807) is 6.07 Å². The van der Waals surface area contributed by atoms with Crippen molar-refractivity contribution in [2.24, 2.45) is 5.41 Å². The maximum atomic E-state index is 14.3. The summed E-state index contributed by atoms with van der Waals surface area (Å²) in [7, 11) is 0. The number of hydrogen-bond acceptors (Lipinski definition) is 2. The van der Waals surface area contributed by atoms with Crippen molar-refractivity contribution >= 4 is 11.4 Å². The average molecular weight is 280 g/mol. The molecule has 0 bridgehead atoms. The fourth-order valence-electron chi connectivity index (χ4n) is 3.46. The van der Waals surface area contributed by atoms with Gasteiger partial charge in [-0.1, -0.05) is 33.6 Å². The summed E-state index contributed by atoms with van der Waals surface area (Å²) in [4.78, 5) is 2.10. The minimum absolute atomic E-state index is 0.0110. The van der Waals surface area contributed by atoms with Gasteiger partial charge in [0.1, 0.15) is 11.9 Å². The van der Waals surface area contributed by atoms with Gasteiger partial charge in [-0.05, 0) is 25.0 Å². The molecule has 1 heterocycles. The lowest BCUT2D eigenvalue weighted by Crippen LogP contribution is -2.49. The summed E-state index contributed by atoms with van der Waals surface area (Å²) in [6, 6.07) is 3.17. The van der Waals surface area contributed by atoms with Crippen molar-refractivity contribution in [2.45, 2.75) is 58.7 Å². The molecule has 3 rings (SSSR count). The first-order valence-electron chi connectivity index (χ1n) is 7.42. The molecule has 0 radical (unpaired) electrons. The first-order valence-corrected chi connectivity index (χ1v) is 7.42. The highest BCUT2D eigenvalue weighted by atomic mass is 19.2. The Bertz CT molecular complexity index is 516. The second-order valence-corrected chi connectivity index (χ2v) is 7.02. The zero-order chi connectivity index (χ0) is 14.5. The van der Waals surface area contributed by atoms with Gasteiger partial charge < -0.3 is 10.2 Å². The van der Waals surface area contributed by atoms with Crippen LogP contribution in [0, 0.1) is 17.0 Å². The van der Waals surface area contributed by atoms with Gasteiger partial charge in [-0.2, -0.15) is 0 Å². The van der Waals surface area contributed by atoms with E-state index in [1.165, 1.54) is 18.9 Å². The fourth-order valence-corrected chi connectivity index (χ4v) is 3.46. The summed E-state index contributed by atoms with van der Waals surface area (Å²) >= 11 is 0. The third-order valence-corrected chi connectivity index (χ3v) is 4.44. The lowest BCUT2D eigenvalue weighted by Gasteiger charge is -2.40. The van der Waals surface area contributed by atoms with Crippen LogP contribution in [0.5, 0.6) is 0 Å². The number of benzene rings is 1. The van der Waals surface area contributed by atoms with Crippen LogP contribution in [0.1, 0.15) is 46.5 Å². The summed E-state index contributed by atoms with van der Waals surface area (Å²) in [5, 5.41) is 3.39. The summed E-state index contributed by atoms with van der Waals surface area (Å²) < 4.78 is 27.9. The number of anilines is 2. The van der Waals surface area contributed by atoms with E-state index in [-0.39, 0.29) is 11.6 Å². The van der Waals surface area contributed by atoms with E-state index in [2.05, 4.69) is 31.0 Å². The maximum Gasteiger partial charge on any atom is 0.184 e. The summed E-state index contributed by atoms with van der Waals surface area (Å²) in [6.45, 7) is 6.40. The van der Waals surface area contributed by atoms with Gasteiger partial charge in [0.15, 0.2) is 11.6 Å². The Morgan fingerprint density at radius 1 is 1.15 bits per heavy atom. The van der Waals surface area contributed by atoms with Gasteiger partial charge in [0, 0.05) is 11.5 Å². The van der Waals surface area contributed by atoms with E-state index in [0.717, 1.165) is 18.5 Å². The number of fused-ring (bicyclic) bond motifs is 1. The molecule has 1 unspecified atom stereocenters. The van der Waals surface area contributed by atoms with Crippen LogP contribution in [0.25, 0.3) is 0 Å². The van der Waals surface area contributed by atoms with E-state index in [1.807, 2.05) is 0 Å². The first-order chi connectivity index (χ1) is 9.39. The predicted molar refractivity (Wildman–Crippen MR) is 78.0 cm³/mol. The Morgan fingerprint density at radius 3 is 2.40 bits per heavy atom. The number of nitrogens with one attached hydrogen (secondary N) is 1. The average Bonchev–Trinajstić information content (AvgIpc) is 2.99. The molecule has 1 aliphatic heterocycles. The Hall–Kier alpha value is -1.32. The van der Waals surface area contributed by atoms with Crippen molar-refractivity contribution in [2.75, 3.05) is 10.2 Å². The Labute approximate surface area is 119 Å². The molecule has 1 aromatic carbocycles. The van der Waals surface area contributed by atoms with Crippen molar-refractivity contribution in [3.05, 3.63) is 23.8 Å². The molecule has 0 aromatic heterocycles. The third-order valence-electron chi connectivity index (χ3n) is 4.44. The number of nitrogens with zero attached hydrogens (tertiary/aromatic N) is 1. The largest absolute Gasteiger partial charge is 0.363 e. The maximum absolute atomic E-state index is 14.3. The van der Waals surface area contributed by atoms with Gasteiger partial charge in [-0.25, -0.2) is 8.78 Å². The molecule has 1 saturated carbocycles. The van der Waals surface area contributed by atoms with E-state index in [0.29, 0.717) is 11.7 Å². The standard InChI is InChI=1S/C16H22F2N2/c1-16(2,3)15-19-12-9-8-11(17)13(18)14(12)20(15)10-6-4-5-7-10/h8-10,15,19H,4-7H2,1-3H3. The summed E-state index contributed by atoms with van der Waals surface area (Å²) in [5.74, 6) is -1.48. The number of rotatable bonds is 1. The van der Waals surface area contributed by atoms with Crippen molar-refractivity contribution in [3.63, 3.8) is 0 Å². The van der Waals surface area contributed by atoms with Crippen LogP contribution in [-0.4, -0.2) is 12.2 Å². The highest BCUT2D eigenvalue weighted by Gasteiger charge is 2.43. The molecule has 0 spiro atoms. The fraction of sp³-hybridized carbons (Fsp3) is 0.625. The molecule has 1 atom stereocenters. The van der Waals surface area contributed by atoms with Gasteiger partial charge in [0.05, 0.1) is 5.69 Å². The van der Waals surface area contributed by atoms with Crippen LogP contribution in [0.2, 0.25) is 0 Å². The molecule has 2 nitrogen and oxygen atoms in total. The molecule has 110 valence electrons. The zero-order valence-electron chi connectivity index (χ0n) is 12.3. The second kappa shape index (κ2) is 4.61. The summed E-state index contributed by atoms with van der Waals surface area (Å²) in [5.41, 5.74) is 1.09. The van der Waals surface area contributed by atoms with E-state index in [9.17, 15) is 8.78 Å². The van der Waals surface area contributed by atoms with Gasteiger partial charge in [0.2, 0.25) is 0 Å². The summed E-state index contributed by atoms with van der Waals surface area (Å²) in [6.07, 6.45) is 4.47. The molecule has 0 amide bonds. The highest BCUT2D eigenvalue weighted by molar-refractivity contribution is 5.77. The smallest absolute Gasteiger partial charge is 0.184 e. The van der Waals surface area contributed by atoms with Crippen molar-refractivity contribution in [1.82, 2.24) is 0 Å². The van der Waals surface area contributed by atoms with Gasteiger partial charge >= 0.3 is 0 Å². The van der Waals surface area contributed by atoms with Crippen molar-refractivity contribution < 1.29 is 8.78 Å². The number of hydrogen-bond donors (Lipinski definition) is 1. The van der Waals surface area contributed by atoms with Crippen LogP contribution < -0.4 is 10.2 Å². The molecule has 4 heteroatoms.